The van der Waals surface area contributed by atoms with Crippen LogP contribution in [-0.4, -0.2) is 42.7 Å². The number of nitrogens with one attached hydrogen (secondary N) is 1. The van der Waals surface area contributed by atoms with Crippen LogP contribution in [0, 0.1) is 11.8 Å². The average molecular weight is 283 g/mol. The molecule has 2 unspecified atom stereocenters. The second kappa shape index (κ2) is 7.74. The third kappa shape index (κ3) is 4.56. The Labute approximate surface area is 120 Å². The van der Waals surface area contributed by atoms with Gasteiger partial charge in [0, 0.05) is 19.5 Å². The minimum atomic E-state index is -0.840. The lowest BCUT2D eigenvalue weighted by atomic mass is 9.81. The maximum absolute atomic E-state index is 12.1. The number of ketones is 1. The molecule has 2 atom stereocenters. The first-order valence-electron chi connectivity index (χ1n) is 7.74. The molecule has 2 rings (SSSR count). The number of carboxylic acids is 1. The molecule has 1 saturated heterocycles. The number of ether oxygens (including phenoxy) is 1. The molecule has 2 aliphatic rings. The molecular formula is C15H25NO4. The van der Waals surface area contributed by atoms with E-state index < -0.39 is 18.0 Å². The van der Waals surface area contributed by atoms with Gasteiger partial charge in [-0.05, 0) is 12.3 Å². The first-order valence-corrected chi connectivity index (χ1v) is 7.74. The average Bonchev–Trinajstić information content (AvgIpc) is 2.48. The van der Waals surface area contributed by atoms with Crippen molar-refractivity contribution < 1.29 is 19.4 Å². The Kier molecular flexibility index (Phi) is 5.98. The molecule has 1 saturated carbocycles. The summed E-state index contributed by atoms with van der Waals surface area (Å²) in [6.07, 6.45) is 6.16. The van der Waals surface area contributed by atoms with Gasteiger partial charge in [-0.15, -0.1) is 0 Å². The van der Waals surface area contributed by atoms with Gasteiger partial charge in [0.1, 0.15) is 6.10 Å². The van der Waals surface area contributed by atoms with E-state index in [1.54, 1.807) is 0 Å². The number of morpholine rings is 1. The summed E-state index contributed by atoms with van der Waals surface area (Å²) in [4.78, 5) is 23.5. The quantitative estimate of drug-likeness (QED) is 0.774. The molecule has 0 spiro atoms. The normalized spacial score (nSPS) is 26.1. The summed E-state index contributed by atoms with van der Waals surface area (Å²) < 4.78 is 5.41. The predicted octanol–water partition coefficient (Wildman–Crippen LogP) is 1.61. The van der Waals surface area contributed by atoms with Gasteiger partial charge in [-0.1, -0.05) is 32.1 Å². The van der Waals surface area contributed by atoms with Crippen LogP contribution >= 0.6 is 0 Å². The Morgan fingerprint density at radius 3 is 2.60 bits per heavy atom. The molecule has 114 valence electrons. The number of hydrogen-bond acceptors (Lipinski definition) is 4. The van der Waals surface area contributed by atoms with Crippen molar-refractivity contribution in [2.75, 3.05) is 19.7 Å². The summed E-state index contributed by atoms with van der Waals surface area (Å²) in [5.41, 5.74) is 0. The van der Waals surface area contributed by atoms with Gasteiger partial charge in [-0.3, -0.25) is 9.59 Å². The Morgan fingerprint density at radius 2 is 2.00 bits per heavy atom. The molecular weight excluding hydrogens is 258 g/mol. The largest absolute Gasteiger partial charge is 0.481 e. The molecule has 1 aliphatic heterocycles. The highest BCUT2D eigenvalue weighted by Gasteiger charge is 2.30. The molecule has 1 heterocycles. The van der Waals surface area contributed by atoms with Crippen LogP contribution < -0.4 is 5.32 Å². The van der Waals surface area contributed by atoms with Crippen molar-refractivity contribution in [1.82, 2.24) is 5.32 Å². The van der Waals surface area contributed by atoms with Crippen LogP contribution in [0.1, 0.15) is 44.9 Å². The second-order valence-corrected chi connectivity index (χ2v) is 6.01. The van der Waals surface area contributed by atoms with Crippen LogP contribution in [-0.2, 0) is 14.3 Å². The number of carboxylic acid groups (broad SMARTS) is 1. The third-order valence-corrected chi connectivity index (χ3v) is 4.43. The molecule has 0 bridgehead atoms. The lowest BCUT2D eigenvalue weighted by Crippen LogP contribution is -2.44. The topological polar surface area (TPSA) is 75.6 Å². The lowest BCUT2D eigenvalue weighted by molar-refractivity contribution is -0.146. The molecule has 1 aliphatic carbocycles. The zero-order valence-corrected chi connectivity index (χ0v) is 12.0. The third-order valence-electron chi connectivity index (χ3n) is 4.43. The van der Waals surface area contributed by atoms with Crippen molar-refractivity contribution in [1.29, 1.82) is 0 Å². The van der Waals surface area contributed by atoms with Crippen molar-refractivity contribution in [2.45, 2.75) is 51.0 Å². The first kappa shape index (κ1) is 15.4. The van der Waals surface area contributed by atoms with Crippen LogP contribution in [0.2, 0.25) is 0 Å². The van der Waals surface area contributed by atoms with E-state index in [1.807, 2.05) is 0 Å². The van der Waals surface area contributed by atoms with E-state index in [-0.39, 0.29) is 12.2 Å². The molecule has 0 aromatic carbocycles. The molecule has 5 heteroatoms. The zero-order valence-electron chi connectivity index (χ0n) is 12.0. The summed E-state index contributed by atoms with van der Waals surface area (Å²) in [5, 5.41) is 12.4. The Hall–Kier alpha value is -0.940. The number of hydrogen-bond donors (Lipinski definition) is 2. The number of rotatable bonds is 6. The number of carbonyl (C=O) groups excluding carboxylic acids is 1. The van der Waals surface area contributed by atoms with E-state index in [2.05, 4.69) is 5.32 Å². The lowest BCUT2D eigenvalue weighted by Gasteiger charge is -2.26. The van der Waals surface area contributed by atoms with Crippen molar-refractivity contribution in [2.24, 2.45) is 11.8 Å². The fourth-order valence-electron chi connectivity index (χ4n) is 3.24. The van der Waals surface area contributed by atoms with Gasteiger partial charge in [0.15, 0.2) is 5.78 Å². The van der Waals surface area contributed by atoms with Crippen LogP contribution in [0.15, 0.2) is 0 Å². The molecule has 0 amide bonds. The minimum absolute atomic E-state index is 0.0691. The van der Waals surface area contributed by atoms with Crippen molar-refractivity contribution in [3.05, 3.63) is 0 Å². The van der Waals surface area contributed by atoms with Gasteiger partial charge in [-0.2, -0.15) is 0 Å². The second-order valence-electron chi connectivity index (χ2n) is 6.01. The number of Topliss-reactive ketones (excluding diaryl/α,β-unsaturated/α-hetero) is 1. The molecule has 0 aromatic heterocycles. The highest BCUT2D eigenvalue weighted by molar-refractivity contribution is 5.87. The highest BCUT2D eigenvalue weighted by Crippen LogP contribution is 2.30. The van der Waals surface area contributed by atoms with Gasteiger partial charge >= 0.3 is 5.97 Å². The molecule has 0 radical (unpaired) electrons. The van der Waals surface area contributed by atoms with E-state index >= 15 is 0 Å². The summed E-state index contributed by atoms with van der Waals surface area (Å²) in [7, 11) is 0. The van der Waals surface area contributed by atoms with E-state index in [1.165, 1.54) is 19.3 Å². The summed E-state index contributed by atoms with van der Waals surface area (Å²) in [5.74, 6) is -0.979. The predicted molar refractivity (Wildman–Crippen MR) is 74.6 cm³/mol. The highest BCUT2D eigenvalue weighted by atomic mass is 16.5. The molecule has 2 N–H and O–H groups in total. The minimum Gasteiger partial charge on any atom is -0.481 e. The van der Waals surface area contributed by atoms with Crippen molar-refractivity contribution >= 4 is 11.8 Å². The van der Waals surface area contributed by atoms with Gasteiger partial charge in [-0.25, -0.2) is 0 Å². The van der Waals surface area contributed by atoms with Crippen LogP contribution in [0.3, 0.4) is 0 Å². The van der Waals surface area contributed by atoms with E-state index in [4.69, 9.17) is 4.74 Å². The summed E-state index contributed by atoms with van der Waals surface area (Å²) in [6, 6.07) is 0. The Balaban J connectivity index is 1.84. The zero-order chi connectivity index (χ0) is 14.4. The van der Waals surface area contributed by atoms with E-state index in [0.29, 0.717) is 25.5 Å². The molecule has 5 nitrogen and oxygen atoms in total. The molecule has 0 aromatic rings. The van der Waals surface area contributed by atoms with Gasteiger partial charge in [0.05, 0.1) is 12.5 Å². The van der Waals surface area contributed by atoms with Gasteiger partial charge in [0.25, 0.3) is 0 Å². The smallest absolute Gasteiger partial charge is 0.306 e. The van der Waals surface area contributed by atoms with Crippen LogP contribution in [0.4, 0.5) is 0 Å². The first-order chi connectivity index (χ1) is 9.66. The summed E-state index contributed by atoms with van der Waals surface area (Å²) >= 11 is 0. The van der Waals surface area contributed by atoms with Gasteiger partial charge < -0.3 is 15.2 Å². The Bertz CT molecular complexity index is 333. The fourth-order valence-corrected chi connectivity index (χ4v) is 3.24. The fraction of sp³-hybridized carbons (Fsp3) is 0.867. The standard InChI is InChI=1S/C15H25NO4/c17-13(14-10-16-6-7-20-14)9-12(15(18)19)8-11-4-2-1-3-5-11/h11-12,14,16H,1-10H2,(H,18,19). The van der Waals surface area contributed by atoms with Crippen LogP contribution in [0.5, 0.6) is 0 Å². The number of carbonyl (C=O) groups is 2. The maximum atomic E-state index is 12.1. The monoisotopic (exact) mass is 283 g/mol. The van der Waals surface area contributed by atoms with Gasteiger partial charge in [0.2, 0.25) is 0 Å². The van der Waals surface area contributed by atoms with Crippen molar-refractivity contribution in [3.63, 3.8) is 0 Å². The van der Waals surface area contributed by atoms with E-state index in [9.17, 15) is 14.7 Å². The number of aliphatic carboxylic acids is 1. The van der Waals surface area contributed by atoms with E-state index in [0.717, 1.165) is 19.4 Å². The van der Waals surface area contributed by atoms with Crippen LogP contribution in [0.25, 0.3) is 0 Å². The maximum Gasteiger partial charge on any atom is 0.306 e. The Morgan fingerprint density at radius 1 is 1.25 bits per heavy atom. The molecule has 20 heavy (non-hydrogen) atoms. The summed E-state index contributed by atoms with van der Waals surface area (Å²) in [6.45, 7) is 1.79. The SMILES string of the molecule is O=C(O)C(CC(=O)C1CNCCO1)CC1CCCCC1. The molecule has 2 fully saturated rings. The van der Waals surface area contributed by atoms with Crippen molar-refractivity contribution in [3.8, 4) is 0 Å².